The summed E-state index contributed by atoms with van der Waals surface area (Å²) in [5.74, 6) is 0. The minimum atomic E-state index is 1.75. The van der Waals surface area contributed by atoms with Crippen molar-refractivity contribution < 1.29 is 0 Å². The summed E-state index contributed by atoms with van der Waals surface area (Å²) in [6, 6.07) is 0. The molecular formula is C4H10AlBr. The van der Waals surface area contributed by atoms with Crippen LogP contribution in [0.15, 0.2) is 0 Å². The van der Waals surface area contributed by atoms with E-state index < -0.39 is 0 Å². The second-order valence-electron chi connectivity index (χ2n) is 0. The van der Waals surface area contributed by atoms with Crippen molar-refractivity contribution in [1.82, 2.24) is 0 Å². The Morgan fingerprint density at radius 3 is 1.00 bits per heavy atom. The first-order valence-electron chi connectivity index (χ1n) is 1.63. The van der Waals surface area contributed by atoms with Crippen LogP contribution in [0.5, 0.6) is 0 Å². The maximum Gasteiger partial charge on any atom is -0.194 e. The summed E-state index contributed by atoms with van der Waals surface area (Å²) in [5.41, 5.74) is 0. The molecule has 0 bridgehead atoms. The molecule has 0 fully saturated rings. The van der Waals surface area contributed by atoms with Crippen molar-refractivity contribution in [1.29, 1.82) is 0 Å². The molecule has 2 heteroatoms. The van der Waals surface area contributed by atoms with Crippen molar-refractivity contribution in [2.45, 2.75) is 13.8 Å². The van der Waals surface area contributed by atoms with Crippen LogP contribution >= 0.6 is 14.1 Å². The van der Waals surface area contributed by atoms with Gasteiger partial charge in [0.2, 0.25) is 0 Å². The van der Waals surface area contributed by atoms with Crippen LogP contribution in [-0.2, 0) is 0 Å². The van der Waals surface area contributed by atoms with Crippen molar-refractivity contribution in [2.75, 3.05) is 0 Å². The predicted octanol–water partition coefficient (Wildman–Crippen LogP) is 2.15. The van der Waals surface area contributed by atoms with Crippen LogP contribution in [-0.4, -0.2) is 14.5 Å². The van der Waals surface area contributed by atoms with Gasteiger partial charge in [-0.15, -0.1) is 0 Å². The molecular weight excluding hydrogens is 155 g/mol. The van der Waals surface area contributed by atoms with Crippen molar-refractivity contribution >= 4 is 28.5 Å². The molecule has 0 radical (unpaired) electrons. The molecule has 0 saturated carbocycles. The molecule has 0 N–H and O–H groups in total. The molecule has 0 atom stereocenters. The molecule has 0 unspecified atom stereocenters. The summed E-state index contributed by atoms with van der Waals surface area (Å²) >= 11 is 5.08. The van der Waals surface area contributed by atoms with E-state index in [-0.39, 0.29) is 0 Å². The van der Waals surface area contributed by atoms with Gasteiger partial charge in [0.1, 0.15) is 0 Å². The van der Waals surface area contributed by atoms with Gasteiger partial charge in [0, 0.05) is 0 Å². The SMILES string of the molecule is [Al+2][Br].[CH2-]C.[CH2-]C. The molecule has 6 heavy (non-hydrogen) atoms. The zero-order chi connectivity index (χ0) is 6.00. The van der Waals surface area contributed by atoms with Gasteiger partial charge in [-0.25, -0.2) is 0 Å². The van der Waals surface area contributed by atoms with Crippen LogP contribution < -0.4 is 0 Å². The summed E-state index contributed by atoms with van der Waals surface area (Å²) in [5, 5.41) is 0. The normalized spacial score (nSPS) is 3.17. The average Bonchev–Trinajstić information content (AvgIpc) is 1.81. The number of hydrogen-bond donors (Lipinski definition) is 0. The van der Waals surface area contributed by atoms with E-state index in [4.69, 9.17) is 0 Å². The van der Waals surface area contributed by atoms with Crippen molar-refractivity contribution in [3.8, 4) is 0 Å². The molecule has 0 aromatic heterocycles. The van der Waals surface area contributed by atoms with Crippen LogP contribution in [0.1, 0.15) is 13.8 Å². The zero-order valence-electron chi connectivity index (χ0n) is 4.37. The summed E-state index contributed by atoms with van der Waals surface area (Å²) in [4.78, 5) is 0. The molecule has 0 amide bonds. The molecule has 0 rings (SSSR count). The molecule has 0 aliphatic rings. The van der Waals surface area contributed by atoms with Gasteiger partial charge in [-0.1, -0.05) is 0 Å². The molecule has 0 heterocycles. The predicted molar refractivity (Wildman–Crippen MR) is 36.7 cm³/mol. The first kappa shape index (κ1) is 15.7. The maximum atomic E-state index is 3.25. The van der Waals surface area contributed by atoms with Crippen LogP contribution in [0, 0.1) is 13.8 Å². The van der Waals surface area contributed by atoms with E-state index in [0.29, 0.717) is 0 Å². The van der Waals surface area contributed by atoms with Crippen LogP contribution in [0.4, 0.5) is 0 Å². The van der Waals surface area contributed by atoms with E-state index in [1.54, 1.807) is 13.8 Å². The topological polar surface area (TPSA) is 0 Å². The number of rotatable bonds is 0. The van der Waals surface area contributed by atoms with Gasteiger partial charge in [0.15, 0.2) is 0 Å². The summed E-state index contributed by atoms with van der Waals surface area (Å²) in [6.45, 7) is 10.0. The fourth-order valence-corrected chi connectivity index (χ4v) is 0. The maximum absolute atomic E-state index is 3.25. The van der Waals surface area contributed by atoms with E-state index in [0.717, 1.165) is 0 Å². The Hall–Kier alpha value is 1.01. The Morgan fingerprint density at radius 2 is 1.00 bits per heavy atom. The number of hydrogen-bond acceptors (Lipinski definition) is 0. The fraction of sp³-hybridized carbons (Fsp3) is 0.500. The van der Waals surface area contributed by atoms with E-state index in [2.05, 4.69) is 42.4 Å². The van der Waals surface area contributed by atoms with Crippen molar-refractivity contribution in [3.05, 3.63) is 13.8 Å². The molecule has 0 aliphatic heterocycles. The molecule has 0 spiro atoms. The molecule has 0 nitrogen and oxygen atoms in total. The Labute approximate surface area is 56.4 Å². The van der Waals surface area contributed by atoms with Crippen molar-refractivity contribution in [3.63, 3.8) is 0 Å². The first-order valence-corrected chi connectivity index (χ1v) is 4.82. The van der Waals surface area contributed by atoms with Gasteiger partial charge < -0.3 is 13.8 Å². The Bertz CT molecular complexity index is 7.51. The van der Waals surface area contributed by atoms with Gasteiger partial charge in [-0.05, 0) is 0 Å². The smallest absolute Gasteiger partial charge is 0.194 e. The summed E-state index contributed by atoms with van der Waals surface area (Å²) in [6.07, 6.45) is 0. The van der Waals surface area contributed by atoms with E-state index in [1.807, 2.05) is 0 Å². The van der Waals surface area contributed by atoms with Crippen LogP contribution in [0.25, 0.3) is 0 Å². The largest absolute Gasteiger partial charge is 0.346 e. The van der Waals surface area contributed by atoms with E-state index >= 15 is 0 Å². The standard InChI is InChI=1S/2C2H5.Al.BrH/c2*1-2;;/h2*1H2,2H3;;1H/q2*-1;+3;/p-1. The minimum absolute atomic E-state index is 1.75. The first-order chi connectivity index (χ1) is 3.00. The Morgan fingerprint density at radius 1 is 1.00 bits per heavy atom. The van der Waals surface area contributed by atoms with Crippen LogP contribution in [0.2, 0.25) is 0 Å². The molecule has 36 valence electrons. The summed E-state index contributed by atoms with van der Waals surface area (Å²) in [7, 11) is 0. The molecule has 0 aromatic carbocycles. The third kappa shape index (κ3) is 78.7. The second kappa shape index (κ2) is 147. The quantitative estimate of drug-likeness (QED) is 0.381. The average molecular weight is 165 g/mol. The molecule has 0 aromatic rings. The molecule has 0 saturated heterocycles. The van der Waals surface area contributed by atoms with E-state index in [1.165, 1.54) is 0 Å². The van der Waals surface area contributed by atoms with E-state index in [9.17, 15) is 0 Å². The van der Waals surface area contributed by atoms with Gasteiger partial charge >= 0.3 is 28.5 Å². The fourth-order valence-electron chi connectivity index (χ4n) is 0. The zero-order valence-corrected chi connectivity index (χ0v) is 7.11. The molecule has 0 aliphatic carbocycles. The Kier molecular flexibility index (Phi) is 387. The van der Waals surface area contributed by atoms with Gasteiger partial charge in [-0.3, -0.25) is 0 Å². The van der Waals surface area contributed by atoms with Gasteiger partial charge in [0.25, 0.3) is 0 Å². The summed E-state index contributed by atoms with van der Waals surface area (Å²) < 4.78 is 0. The monoisotopic (exact) mass is 164 g/mol. The number of halogens is 1. The Balaban J connectivity index is -0.0000000225. The van der Waals surface area contributed by atoms with Gasteiger partial charge in [-0.2, -0.15) is 13.8 Å². The third-order valence-electron chi connectivity index (χ3n) is 0. The third-order valence-corrected chi connectivity index (χ3v) is 0. The van der Waals surface area contributed by atoms with Gasteiger partial charge in [0.05, 0.1) is 0 Å². The second-order valence-corrected chi connectivity index (χ2v) is 0. The van der Waals surface area contributed by atoms with Crippen LogP contribution in [0.3, 0.4) is 0 Å². The minimum Gasteiger partial charge on any atom is -0.346 e. The van der Waals surface area contributed by atoms with Crippen molar-refractivity contribution in [2.24, 2.45) is 0 Å².